The Balaban J connectivity index is 3.04. The van der Waals surface area contributed by atoms with Crippen LogP contribution in [0.2, 0.25) is 0 Å². The van der Waals surface area contributed by atoms with Crippen molar-refractivity contribution in [2.75, 3.05) is 14.1 Å². The van der Waals surface area contributed by atoms with E-state index in [2.05, 4.69) is 5.10 Å². The van der Waals surface area contributed by atoms with Gasteiger partial charge in [-0.3, -0.25) is 0 Å². The number of hydrogen-bond donors (Lipinski definition) is 0. The summed E-state index contributed by atoms with van der Waals surface area (Å²) in [6, 6.07) is 1.99. The first-order valence-corrected chi connectivity index (χ1v) is 4.01. The summed E-state index contributed by atoms with van der Waals surface area (Å²) in [5.41, 5.74) is 1.15. The third-order valence-corrected chi connectivity index (χ3v) is 1.77. The van der Waals surface area contributed by atoms with Gasteiger partial charge in [-0.2, -0.15) is 5.10 Å². The molecule has 0 aliphatic heterocycles. The molecular weight excluding hydrogens is 150 g/mol. The molecule has 1 heterocycles. The van der Waals surface area contributed by atoms with Crippen LogP contribution < -0.4 is 0 Å². The number of aryl methyl sites for hydroxylation is 1. The monoisotopic (exact) mass is 165 g/mol. The lowest BCUT2D eigenvalue weighted by atomic mass is 10.4. The van der Waals surface area contributed by atoms with Gasteiger partial charge in [0.25, 0.3) is 0 Å². The maximum absolute atomic E-state index is 4.21. The lowest BCUT2D eigenvalue weighted by Gasteiger charge is -2.17. The predicted molar refractivity (Wildman–Crippen MR) is 50.6 cm³/mol. The van der Waals surface area contributed by atoms with E-state index in [-0.39, 0.29) is 0 Å². The lowest BCUT2D eigenvalue weighted by molar-refractivity contribution is 0.536. The minimum Gasteiger partial charge on any atom is -0.363 e. The number of allylic oxidation sites excluding steroid dienone is 1. The van der Waals surface area contributed by atoms with Gasteiger partial charge in [0.2, 0.25) is 0 Å². The highest BCUT2D eigenvalue weighted by molar-refractivity contribution is 5.41. The highest BCUT2D eigenvalue weighted by Gasteiger charge is 2.03. The summed E-state index contributed by atoms with van der Waals surface area (Å²) in [6.07, 6.45) is 3.85. The Morgan fingerprint density at radius 1 is 1.58 bits per heavy atom. The van der Waals surface area contributed by atoms with Crippen LogP contribution in [0.1, 0.15) is 12.6 Å². The van der Waals surface area contributed by atoms with E-state index in [1.54, 1.807) is 0 Å². The van der Waals surface area contributed by atoms with Crippen LogP contribution in [0.15, 0.2) is 18.3 Å². The van der Waals surface area contributed by atoms with Gasteiger partial charge in [0.1, 0.15) is 5.82 Å². The third-order valence-electron chi connectivity index (χ3n) is 1.77. The second-order valence-corrected chi connectivity index (χ2v) is 2.93. The second-order valence-electron chi connectivity index (χ2n) is 2.93. The quantitative estimate of drug-likeness (QED) is 0.663. The molecule has 0 aromatic carbocycles. The molecule has 0 saturated heterocycles. The van der Waals surface area contributed by atoms with Crippen molar-refractivity contribution in [3.05, 3.63) is 24.0 Å². The molecule has 0 amide bonds. The average molecular weight is 165 g/mol. The smallest absolute Gasteiger partial charge is 0.125 e. The fraction of sp³-hybridized carbons (Fsp3) is 0.444. The van der Waals surface area contributed by atoms with Gasteiger partial charge in [-0.25, -0.2) is 4.68 Å². The average Bonchev–Trinajstić information content (AvgIpc) is 2.38. The lowest BCUT2D eigenvalue weighted by Crippen LogP contribution is -2.17. The standard InChI is InChI=1S/C9H15N3/c1-5-9(11(3)4)12-8(2)6-7-10-12/h5-7H,1-4H3. The van der Waals surface area contributed by atoms with Crippen molar-refractivity contribution in [1.82, 2.24) is 14.7 Å². The van der Waals surface area contributed by atoms with Crippen molar-refractivity contribution >= 4 is 5.82 Å². The number of rotatable bonds is 2. The molecule has 1 aromatic rings. The van der Waals surface area contributed by atoms with E-state index in [1.165, 1.54) is 0 Å². The van der Waals surface area contributed by atoms with E-state index in [9.17, 15) is 0 Å². The van der Waals surface area contributed by atoms with Gasteiger partial charge >= 0.3 is 0 Å². The molecule has 1 rings (SSSR count). The van der Waals surface area contributed by atoms with Gasteiger partial charge in [-0.15, -0.1) is 0 Å². The summed E-state index contributed by atoms with van der Waals surface area (Å²) in [5.74, 6) is 1.09. The van der Waals surface area contributed by atoms with Crippen LogP contribution in [0.3, 0.4) is 0 Å². The molecule has 0 aliphatic carbocycles. The summed E-state index contributed by atoms with van der Waals surface area (Å²) in [4.78, 5) is 2.04. The van der Waals surface area contributed by atoms with Crippen molar-refractivity contribution in [2.24, 2.45) is 0 Å². The third kappa shape index (κ3) is 1.49. The number of hydrogen-bond acceptors (Lipinski definition) is 2. The van der Waals surface area contributed by atoms with E-state index in [1.807, 2.05) is 55.9 Å². The molecule has 0 bridgehead atoms. The molecule has 0 fully saturated rings. The molecular formula is C9H15N3. The minimum atomic E-state index is 1.09. The molecule has 0 unspecified atom stereocenters. The molecule has 1 aromatic heterocycles. The van der Waals surface area contributed by atoms with E-state index in [0.29, 0.717) is 0 Å². The van der Waals surface area contributed by atoms with Crippen LogP contribution in [-0.2, 0) is 0 Å². The Bertz CT molecular complexity index is 284. The Labute approximate surface area is 73.3 Å². The van der Waals surface area contributed by atoms with Crippen LogP contribution in [0.25, 0.3) is 5.82 Å². The summed E-state index contributed by atoms with van der Waals surface area (Å²) >= 11 is 0. The van der Waals surface area contributed by atoms with E-state index < -0.39 is 0 Å². The maximum Gasteiger partial charge on any atom is 0.125 e. The topological polar surface area (TPSA) is 21.1 Å². The Kier molecular flexibility index (Phi) is 2.53. The Morgan fingerprint density at radius 2 is 2.25 bits per heavy atom. The van der Waals surface area contributed by atoms with E-state index >= 15 is 0 Å². The van der Waals surface area contributed by atoms with Crippen molar-refractivity contribution in [3.63, 3.8) is 0 Å². The number of nitrogens with zero attached hydrogens (tertiary/aromatic N) is 3. The SMILES string of the molecule is CC=C(N(C)C)n1nccc1C. The van der Waals surface area contributed by atoms with Gasteiger partial charge in [0.15, 0.2) is 0 Å². The molecule has 0 saturated carbocycles. The van der Waals surface area contributed by atoms with Gasteiger partial charge in [-0.1, -0.05) is 0 Å². The molecule has 12 heavy (non-hydrogen) atoms. The Hall–Kier alpha value is -1.25. The summed E-state index contributed by atoms with van der Waals surface area (Å²) in [5, 5.41) is 4.21. The van der Waals surface area contributed by atoms with Crippen LogP contribution in [0.4, 0.5) is 0 Å². The maximum atomic E-state index is 4.21. The van der Waals surface area contributed by atoms with Crippen molar-refractivity contribution in [1.29, 1.82) is 0 Å². The first-order valence-electron chi connectivity index (χ1n) is 4.01. The van der Waals surface area contributed by atoms with Crippen LogP contribution in [0.5, 0.6) is 0 Å². The van der Waals surface area contributed by atoms with Crippen LogP contribution >= 0.6 is 0 Å². The zero-order chi connectivity index (χ0) is 9.14. The first-order chi connectivity index (χ1) is 5.66. The van der Waals surface area contributed by atoms with Gasteiger partial charge in [0, 0.05) is 26.0 Å². The summed E-state index contributed by atoms with van der Waals surface area (Å²) in [7, 11) is 4.02. The highest BCUT2D eigenvalue weighted by Crippen LogP contribution is 2.08. The van der Waals surface area contributed by atoms with Crippen molar-refractivity contribution < 1.29 is 0 Å². The van der Waals surface area contributed by atoms with Gasteiger partial charge in [0.05, 0.1) is 0 Å². The molecule has 3 heteroatoms. The summed E-state index contributed by atoms with van der Waals surface area (Å²) in [6.45, 7) is 4.05. The molecule has 0 radical (unpaired) electrons. The fourth-order valence-corrected chi connectivity index (χ4v) is 1.18. The normalized spacial score (nSPS) is 11.8. The van der Waals surface area contributed by atoms with Crippen LogP contribution in [0, 0.1) is 6.92 Å². The Morgan fingerprint density at radius 3 is 2.58 bits per heavy atom. The van der Waals surface area contributed by atoms with Crippen LogP contribution in [-0.4, -0.2) is 28.8 Å². The molecule has 0 aliphatic rings. The molecule has 0 spiro atoms. The minimum absolute atomic E-state index is 1.09. The van der Waals surface area contributed by atoms with Gasteiger partial charge in [-0.05, 0) is 26.0 Å². The predicted octanol–water partition coefficient (Wildman–Crippen LogP) is 1.57. The zero-order valence-electron chi connectivity index (χ0n) is 8.07. The van der Waals surface area contributed by atoms with E-state index in [4.69, 9.17) is 0 Å². The summed E-state index contributed by atoms with van der Waals surface area (Å²) < 4.78 is 1.92. The number of aromatic nitrogens is 2. The molecule has 0 atom stereocenters. The zero-order valence-corrected chi connectivity index (χ0v) is 8.07. The second kappa shape index (κ2) is 3.43. The van der Waals surface area contributed by atoms with Crippen molar-refractivity contribution in [2.45, 2.75) is 13.8 Å². The van der Waals surface area contributed by atoms with Crippen molar-refractivity contribution in [3.8, 4) is 0 Å². The molecule has 66 valence electrons. The van der Waals surface area contributed by atoms with E-state index in [0.717, 1.165) is 11.5 Å². The largest absolute Gasteiger partial charge is 0.363 e. The highest BCUT2D eigenvalue weighted by atomic mass is 15.4. The molecule has 0 N–H and O–H groups in total. The van der Waals surface area contributed by atoms with Gasteiger partial charge < -0.3 is 4.90 Å². The molecule has 3 nitrogen and oxygen atoms in total. The first kappa shape index (κ1) is 8.84. The fourth-order valence-electron chi connectivity index (χ4n) is 1.18.